The van der Waals surface area contributed by atoms with Crippen molar-refractivity contribution in [1.29, 1.82) is 0 Å². The van der Waals surface area contributed by atoms with Crippen LogP contribution in [0.2, 0.25) is 0 Å². The second-order valence-electron chi connectivity index (χ2n) is 3.08. The molecule has 0 saturated heterocycles. The van der Waals surface area contributed by atoms with Gasteiger partial charge in [0.2, 0.25) is 5.91 Å². The van der Waals surface area contributed by atoms with E-state index < -0.39 is 0 Å². The number of nitrogen functional groups attached to an aromatic ring is 1. The molecule has 15 heavy (non-hydrogen) atoms. The van der Waals surface area contributed by atoms with Crippen LogP contribution in [0, 0.1) is 0 Å². The third-order valence-corrected chi connectivity index (χ3v) is 1.93. The van der Waals surface area contributed by atoms with Crippen molar-refractivity contribution in [2.45, 2.75) is 20.3 Å². The predicted molar refractivity (Wildman–Crippen MR) is 60.9 cm³/mol. The van der Waals surface area contributed by atoms with Crippen molar-refractivity contribution in [3.05, 3.63) is 18.2 Å². The van der Waals surface area contributed by atoms with Crippen molar-refractivity contribution in [2.24, 2.45) is 0 Å². The molecule has 0 aliphatic rings. The lowest BCUT2D eigenvalue weighted by Gasteiger charge is -2.09. The molecular weight excluding hydrogens is 192 g/mol. The Kier molecular flexibility index (Phi) is 3.97. The normalized spacial score (nSPS) is 9.73. The third kappa shape index (κ3) is 3.16. The molecule has 1 amide bonds. The molecule has 0 aliphatic carbocycles. The van der Waals surface area contributed by atoms with E-state index in [1.807, 2.05) is 6.92 Å². The van der Waals surface area contributed by atoms with Crippen molar-refractivity contribution in [1.82, 2.24) is 0 Å². The van der Waals surface area contributed by atoms with Gasteiger partial charge in [0.05, 0.1) is 18.0 Å². The summed E-state index contributed by atoms with van der Waals surface area (Å²) in [6.07, 6.45) is 0.437. The minimum Gasteiger partial charge on any atom is -0.494 e. The largest absolute Gasteiger partial charge is 0.494 e. The van der Waals surface area contributed by atoms with Crippen LogP contribution in [0.1, 0.15) is 20.3 Å². The van der Waals surface area contributed by atoms with Crippen LogP contribution in [0.15, 0.2) is 18.2 Å². The number of amides is 1. The molecule has 1 aromatic rings. The fourth-order valence-corrected chi connectivity index (χ4v) is 1.15. The smallest absolute Gasteiger partial charge is 0.224 e. The van der Waals surface area contributed by atoms with Crippen LogP contribution in [0.3, 0.4) is 0 Å². The second kappa shape index (κ2) is 5.24. The summed E-state index contributed by atoms with van der Waals surface area (Å²) in [5, 5.41) is 2.71. The first-order valence-corrected chi connectivity index (χ1v) is 4.99. The minimum absolute atomic E-state index is 0.0501. The fourth-order valence-electron chi connectivity index (χ4n) is 1.15. The van der Waals surface area contributed by atoms with Gasteiger partial charge in [-0.3, -0.25) is 4.79 Å². The minimum atomic E-state index is -0.0501. The summed E-state index contributed by atoms with van der Waals surface area (Å²) < 4.78 is 5.28. The molecule has 0 bridgehead atoms. The molecule has 0 aromatic heterocycles. The Morgan fingerprint density at radius 2 is 2.20 bits per heavy atom. The van der Waals surface area contributed by atoms with Crippen molar-refractivity contribution in [3.8, 4) is 5.75 Å². The number of ether oxygens (including phenoxy) is 1. The van der Waals surface area contributed by atoms with E-state index in [1.165, 1.54) is 0 Å². The summed E-state index contributed by atoms with van der Waals surface area (Å²) in [5.41, 5.74) is 6.91. The van der Waals surface area contributed by atoms with Crippen LogP contribution in [0.25, 0.3) is 0 Å². The molecule has 0 radical (unpaired) electrons. The van der Waals surface area contributed by atoms with Gasteiger partial charge in [-0.1, -0.05) is 6.92 Å². The topological polar surface area (TPSA) is 64.3 Å². The van der Waals surface area contributed by atoms with Crippen LogP contribution < -0.4 is 15.8 Å². The zero-order valence-electron chi connectivity index (χ0n) is 9.04. The van der Waals surface area contributed by atoms with Gasteiger partial charge >= 0.3 is 0 Å². The van der Waals surface area contributed by atoms with Crippen molar-refractivity contribution < 1.29 is 9.53 Å². The van der Waals surface area contributed by atoms with Crippen LogP contribution in [0.5, 0.6) is 5.75 Å². The summed E-state index contributed by atoms with van der Waals surface area (Å²) in [5.74, 6) is 0.662. The van der Waals surface area contributed by atoms with Gasteiger partial charge in [0.1, 0.15) is 5.75 Å². The Morgan fingerprint density at radius 1 is 1.47 bits per heavy atom. The summed E-state index contributed by atoms with van der Waals surface area (Å²) in [6, 6.07) is 5.23. The fraction of sp³-hybridized carbons (Fsp3) is 0.364. The number of hydrogen-bond donors (Lipinski definition) is 2. The maximum absolute atomic E-state index is 11.1. The number of benzene rings is 1. The molecule has 0 fully saturated rings. The highest BCUT2D eigenvalue weighted by Gasteiger charge is 2.04. The first-order valence-electron chi connectivity index (χ1n) is 4.99. The number of rotatable bonds is 4. The molecule has 3 N–H and O–H groups in total. The third-order valence-electron chi connectivity index (χ3n) is 1.93. The molecule has 4 nitrogen and oxygen atoms in total. The molecule has 0 unspecified atom stereocenters. The highest BCUT2D eigenvalue weighted by Crippen LogP contribution is 2.24. The highest BCUT2D eigenvalue weighted by molar-refractivity contribution is 5.93. The van der Waals surface area contributed by atoms with Gasteiger partial charge in [0.15, 0.2) is 0 Å². The summed E-state index contributed by atoms with van der Waals surface area (Å²) in [4.78, 5) is 11.1. The lowest BCUT2D eigenvalue weighted by atomic mass is 10.2. The van der Waals surface area contributed by atoms with Crippen molar-refractivity contribution in [3.63, 3.8) is 0 Å². The predicted octanol–water partition coefficient (Wildman–Crippen LogP) is 2.02. The van der Waals surface area contributed by atoms with E-state index in [0.717, 1.165) is 0 Å². The van der Waals surface area contributed by atoms with Crippen molar-refractivity contribution >= 4 is 17.3 Å². The van der Waals surface area contributed by atoms with Gasteiger partial charge in [-0.2, -0.15) is 0 Å². The number of nitrogens with two attached hydrogens (primary N) is 1. The molecular formula is C11H16N2O2. The van der Waals surface area contributed by atoms with Gasteiger partial charge in [0.25, 0.3) is 0 Å². The van der Waals surface area contributed by atoms with Crippen LogP contribution in [-0.2, 0) is 4.79 Å². The summed E-state index contributed by atoms with van der Waals surface area (Å²) in [6.45, 7) is 4.29. The lowest BCUT2D eigenvalue weighted by molar-refractivity contribution is -0.115. The zero-order chi connectivity index (χ0) is 11.3. The van der Waals surface area contributed by atoms with E-state index >= 15 is 0 Å². The maximum atomic E-state index is 11.1. The SMILES string of the molecule is CCOc1ccc(NC(=O)CC)c(N)c1. The Labute approximate surface area is 89.4 Å². The van der Waals surface area contributed by atoms with E-state index in [-0.39, 0.29) is 5.91 Å². The van der Waals surface area contributed by atoms with Crippen molar-refractivity contribution in [2.75, 3.05) is 17.7 Å². The molecule has 0 heterocycles. The molecule has 0 saturated carbocycles. The molecule has 0 spiro atoms. The average Bonchev–Trinajstić information content (AvgIpc) is 2.22. The van der Waals surface area contributed by atoms with E-state index in [9.17, 15) is 4.79 Å². The first-order chi connectivity index (χ1) is 7.17. The van der Waals surface area contributed by atoms with E-state index in [4.69, 9.17) is 10.5 Å². The van der Waals surface area contributed by atoms with Crippen LogP contribution in [-0.4, -0.2) is 12.5 Å². The molecule has 1 rings (SSSR count). The first kappa shape index (κ1) is 11.4. The Balaban J connectivity index is 2.78. The lowest BCUT2D eigenvalue weighted by Crippen LogP contribution is -2.11. The standard InChI is InChI=1S/C11H16N2O2/c1-3-11(14)13-10-6-5-8(15-4-2)7-9(10)12/h5-7H,3-4,12H2,1-2H3,(H,13,14). The molecule has 1 aromatic carbocycles. The van der Waals surface area contributed by atoms with Gasteiger partial charge in [0, 0.05) is 12.5 Å². The van der Waals surface area contributed by atoms with E-state index in [2.05, 4.69) is 5.32 Å². The zero-order valence-corrected chi connectivity index (χ0v) is 9.04. The summed E-state index contributed by atoms with van der Waals surface area (Å²) >= 11 is 0. The number of hydrogen-bond acceptors (Lipinski definition) is 3. The van der Waals surface area contributed by atoms with Crippen LogP contribution in [0.4, 0.5) is 11.4 Å². The summed E-state index contributed by atoms with van der Waals surface area (Å²) in [7, 11) is 0. The average molecular weight is 208 g/mol. The monoisotopic (exact) mass is 208 g/mol. The number of carbonyl (C=O) groups is 1. The number of nitrogens with one attached hydrogen (secondary N) is 1. The van der Waals surface area contributed by atoms with Gasteiger partial charge in [-0.25, -0.2) is 0 Å². The quantitative estimate of drug-likeness (QED) is 0.744. The Bertz CT molecular complexity index is 350. The Morgan fingerprint density at radius 3 is 2.73 bits per heavy atom. The van der Waals surface area contributed by atoms with E-state index in [1.54, 1.807) is 25.1 Å². The van der Waals surface area contributed by atoms with Gasteiger partial charge in [-0.15, -0.1) is 0 Å². The van der Waals surface area contributed by atoms with Gasteiger partial charge < -0.3 is 15.8 Å². The molecule has 0 atom stereocenters. The Hall–Kier alpha value is -1.71. The molecule has 4 heteroatoms. The van der Waals surface area contributed by atoms with Crippen LogP contribution >= 0.6 is 0 Å². The maximum Gasteiger partial charge on any atom is 0.224 e. The second-order valence-corrected chi connectivity index (χ2v) is 3.08. The molecule has 82 valence electrons. The highest BCUT2D eigenvalue weighted by atomic mass is 16.5. The van der Waals surface area contributed by atoms with E-state index in [0.29, 0.717) is 30.2 Å². The van der Waals surface area contributed by atoms with Gasteiger partial charge in [-0.05, 0) is 19.1 Å². The number of carbonyl (C=O) groups excluding carboxylic acids is 1. The molecule has 0 aliphatic heterocycles. The number of anilines is 2.